The molecule has 0 spiro atoms. The molecule has 0 fully saturated rings. The number of H-pyrrole nitrogens is 1. The van der Waals surface area contributed by atoms with Gasteiger partial charge in [-0.25, -0.2) is 4.68 Å². The summed E-state index contributed by atoms with van der Waals surface area (Å²) in [7, 11) is 0. The Balaban J connectivity index is 1.75. The number of hydrogen-bond donors (Lipinski definition) is 2. The number of rotatable bonds is 5. The predicted octanol–water partition coefficient (Wildman–Crippen LogP) is 2.70. The lowest BCUT2D eigenvalue weighted by Gasteiger charge is -2.06. The zero-order valence-corrected chi connectivity index (χ0v) is 14.3. The number of carbonyl (C=O) groups excluding carboxylic acids is 1. The molecule has 0 saturated carbocycles. The first-order chi connectivity index (χ1) is 11.5. The van der Waals surface area contributed by atoms with Crippen molar-refractivity contribution in [3.8, 4) is 0 Å². The first-order valence-electron chi connectivity index (χ1n) is 7.62. The van der Waals surface area contributed by atoms with E-state index in [2.05, 4.69) is 15.4 Å². The van der Waals surface area contributed by atoms with Crippen LogP contribution in [0.25, 0.3) is 17.1 Å². The van der Waals surface area contributed by atoms with Gasteiger partial charge in [-0.1, -0.05) is 0 Å². The van der Waals surface area contributed by atoms with Crippen molar-refractivity contribution in [3.05, 3.63) is 56.6 Å². The molecule has 0 aliphatic carbocycles. The first kappa shape index (κ1) is 16.2. The van der Waals surface area contributed by atoms with Gasteiger partial charge >= 0.3 is 0 Å². The van der Waals surface area contributed by atoms with Gasteiger partial charge in [0, 0.05) is 29.6 Å². The molecule has 0 unspecified atom stereocenters. The summed E-state index contributed by atoms with van der Waals surface area (Å²) in [6.45, 7) is 4.47. The van der Waals surface area contributed by atoms with E-state index >= 15 is 0 Å². The summed E-state index contributed by atoms with van der Waals surface area (Å²) in [6, 6.07) is 3.85. The van der Waals surface area contributed by atoms with Crippen LogP contribution in [-0.2, 0) is 11.3 Å². The van der Waals surface area contributed by atoms with Crippen LogP contribution < -0.4 is 10.9 Å². The van der Waals surface area contributed by atoms with Gasteiger partial charge < -0.3 is 10.3 Å². The lowest BCUT2D eigenvalue weighted by Crippen LogP contribution is -2.20. The van der Waals surface area contributed by atoms with Gasteiger partial charge in [-0.2, -0.15) is 16.4 Å². The third-order valence-corrected chi connectivity index (χ3v) is 4.31. The molecule has 3 heterocycles. The Kier molecular flexibility index (Phi) is 4.61. The molecule has 124 valence electrons. The average molecular weight is 342 g/mol. The molecule has 1 amide bonds. The summed E-state index contributed by atoms with van der Waals surface area (Å²) in [6.07, 6.45) is 4.60. The fourth-order valence-corrected chi connectivity index (χ4v) is 3.01. The highest BCUT2D eigenvalue weighted by atomic mass is 32.1. The topological polar surface area (TPSA) is 79.8 Å². The lowest BCUT2D eigenvalue weighted by molar-refractivity contribution is -0.116. The quantitative estimate of drug-likeness (QED) is 0.700. The Morgan fingerprint density at radius 1 is 1.50 bits per heavy atom. The number of fused-ring (bicyclic) bond motifs is 1. The van der Waals surface area contributed by atoms with Gasteiger partial charge in [0.2, 0.25) is 5.91 Å². The van der Waals surface area contributed by atoms with E-state index in [1.54, 1.807) is 28.3 Å². The second-order valence-electron chi connectivity index (χ2n) is 5.72. The first-order valence-corrected chi connectivity index (χ1v) is 8.56. The Morgan fingerprint density at radius 2 is 2.33 bits per heavy atom. The maximum absolute atomic E-state index is 12.2. The molecule has 0 aliphatic rings. The largest absolute Gasteiger partial charge is 0.348 e. The summed E-state index contributed by atoms with van der Waals surface area (Å²) >= 11 is 1.59. The Morgan fingerprint density at radius 3 is 3.04 bits per heavy atom. The second-order valence-corrected chi connectivity index (χ2v) is 6.50. The van der Waals surface area contributed by atoms with Gasteiger partial charge in [-0.3, -0.25) is 9.59 Å². The molecule has 3 rings (SSSR count). The molecule has 7 heteroatoms. The van der Waals surface area contributed by atoms with E-state index in [1.165, 1.54) is 12.2 Å². The normalized spacial score (nSPS) is 11.6. The zero-order valence-electron chi connectivity index (χ0n) is 13.4. The SMILES string of the molecule is CC(C)n1ncc2cc(C=CC(=O)NCc3ccsc3)c(=O)[nH]c21. The number of aromatic nitrogens is 3. The highest BCUT2D eigenvalue weighted by molar-refractivity contribution is 7.07. The third-order valence-electron chi connectivity index (χ3n) is 3.58. The molecule has 0 aromatic carbocycles. The van der Waals surface area contributed by atoms with Gasteiger partial charge in [0.05, 0.1) is 6.20 Å². The van der Waals surface area contributed by atoms with Gasteiger partial charge in [-0.15, -0.1) is 0 Å². The molecule has 0 bridgehead atoms. The molecule has 3 aromatic rings. The summed E-state index contributed by atoms with van der Waals surface area (Å²) in [5.41, 5.74) is 1.93. The summed E-state index contributed by atoms with van der Waals surface area (Å²) in [4.78, 5) is 26.9. The number of hydrogen-bond acceptors (Lipinski definition) is 4. The van der Waals surface area contributed by atoms with Crippen LogP contribution in [-0.4, -0.2) is 20.7 Å². The number of nitrogens with zero attached hydrogens (tertiary/aromatic N) is 2. The maximum atomic E-state index is 12.2. The number of thiophene rings is 1. The average Bonchev–Trinajstić information content (AvgIpc) is 3.19. The van der Waals surface area contributed by atoms with Crippen molar-refractivity contribution in [2.75, 3.05) is 0 Å². The molecule has 0 aliphatic heterocycles. The summed E-state index contributed by atoms with van der Waals surface area (Å²) < 4.78 is 1.76. The van der Waals surface area contributed by atoms with E-state index in [9.17, 15) is 9.59 Å². The van der Waals surface area contributed by atoms with Crippen molar-refractivity contribution >= 4 is 34.4 Å². The Hall–Kier alpha value is -2.67. The van der Waals surface area contributed by atoms with Crippen molar-refractivity contribution in [2.24, 2.45) is 0 Å². The van der Waals surface area contributed by atoms with E-state index in [0.29, 0.717) is 17.8 Å². The Labute approximate surface area is 142 Å². The van der Waals surface area contributed by atoms with E-state index in [4.69, 9.17) is 0 Å². The van der Waals surface area contributed by atoms with Crippen molar-refractivity contribution in [1.82, 2.24) is 20.1 Å². The smallest absolute Gasteiger partial charge is 0.256 e. The van der Waals surface area contributed by atoms with Gasteiger partial charge in [0.1, 0.15) is 5.65 Å². The van der Waals surface area contributed by atoms with E-state index in [1.807, 2.05) is 30.7 Å². The van der Waals surface area contributed by atoms with Crippen molar-refractivity contribution in [3.63, 3.8) is 0 Å². The third kappa shape index (κ3) is 3.46. The summed E-state index contributed by atoms with van der Waals surface area (Å²) in [5, 5.41) is 11.8. The molecule has 3 aromatic heterocycles. The van der Waals surface area contributed by atoms with Crippen LogP contribution in [0, 0.1) is 0 Å². The zero-order chi connectivity index (χ0) is 17.1. The van der Waals surface area contributed by atoms with Gasteiger partial charge in [0.25, 0.3) is 5.56 Å². The molecule has 6 nitrogen and oxygen atoms in total. The van der Waals surface area contributed by atoms with Gasteiger partial charge in [0.15, 0.2) is 0 Å². The van der Waals surface area contributed by atoms with E-state index < -0.39 is 0 Å². The number of aromatic amines is 1. The number of pyridine rings is 1. The molecule has 0 radical (unpaired) electrons. The highest BCUT2D eigenvalue weighted by Gasteiger charge is 2.09. The Bertz CT molecular complexity index is 935. The minimum atomic E-state index is -0.244. The summed E-state index contributed by atoms with van der Waals surface area (Å²) in [5.74, 6) is -0.237. The van der Waals surface area contributed by atoms with Crippen LogP contribution >= 0.6 is 11.3 Å². The van der Waals surface area contributed by atoms with Crippen LogP contribution in [0.2, 0.25) is 0 Å². The molecule has 0 saturated heterocycles. The predicted molar refractivity (Wildman–Crippen MR) is 95.9 cm³/mol. The minimum Gasteiger partial charge on any atom is -0.348 e. The second kappa shape index (κ2) is 6.84. The fourth-order valence-electron chi connectivity index (χ4n) is 2.35. The van der Waals surface area contributed by atoms with Crippen LogP contribution in [0.5, 0.6) is 0 Å². The highest BCUT2D eigenvalue weighted by Crippen LogP contribution is 2.15. The number of nitrogens with one attached hydrogen (secondary N) is 2. The molecule has 0 atom stereocenters. The minimum absolute atomic E-state index is 0.155. The van der Waals surface area contributed by atoms with Crippen LogP contribution in [0.1, 0.15) is 31.0 Å². The van der Waals surface area contributed by atoms with Crippen molar-refractivity contribution < 1.29 is 4.79 Å². The number of amides is 1. The van der Waals surface area contributed by atoms with Crippen LogP contribution in [0.4, 0.5) is 0 Å². The lowest BCUT2D eigenvalue weighted by atomic mass is 10.2. The van der Waals surface area contributed by atoms with E-state index in [0.717, 1.165) is 10.9 Å². The fraction of sp³-hybridized carbons (Fsp3) is 0.235. The molecule has 2 N–H and O–H groups in total. The number of carbonyl (C=O) groups is 1. The maximum Gasteiger partial charge on any atom is 0.256 e. The van der Waals surface area contributed by atoms with Crippen molar-refractivity contribution in [2.45, 2.75) is 26.4 Å². The van der Waals surface area contributed by atoms with Gasteiger partial charge in [-0.05, 0) is 48.4 Å². The van der Waals surface area contributed by atoms with Crippen LogP contribution in [0.3, 0.4) is 0 Å². The molecular formula is C17H18N4O2S. The monoisotopic (exact) mass is 342 g/mol. The molecule has 24 heavy (non-hydrogen) atoms. The van der Waals surface area contributed by atoms with E-state index in [-0.39, 0.29) is 17.5 Å². The van der Waals surface area contributed by atoms with Crippen LogP contribution in [0.15, 0.2) is 40.0 Å². The van der Waals surface area contributed by atoms with Crippen molar-refractivity contribution in [1.29, 1.82) is 0 Å². The molecular weight excluding hydrogens is 324 g/mol. The standard InChI is InChI=1S/C17H18N4O2S/c1-11(2)21-16-14(9-19-21)7-13(17(23)20-16)3-4-15(22)18-8-12-5-6-24-10-12/h3-7,9-11H,8H2,1-2H3,(H,18,22)(H,20,23).